The topological polar surface area (TPSA) is 84.6 Å². The zero-order chi connectivity index (χ0) is 13.9. The van der Waals surface area contributed by atoms with E-state index in [9.17, 15) is 9.90 Å². The maximum Gasteiger partial charge on any atom is 0.273 e. The summed E-state index contributed by atoms with van der Waals surface area (Å²) < 4.78 is 10.9. The lowest BCUT2D eigenvalue weighted by molar-refractivity contribution is 0.0694. The molecule has 0 bridgehead atoms. The first-order chi connectivity index (χ1) is 9.75. The Morgan fingerprint density at radius 3 is 2.90 bits per heavy atom. The summed E-state index contributed by atoms with van der Waals surface area (Å²) >= 11 is 0. The highest BCUT2D eigenvalue weighted by atomic mass is 16.5. The predicted molar refractivity (Wildman–Crippen MR) is 70.2 cm³/mol. The second-order valence-electron chi connectivity index (χ2n) is 5.50. The smallest absolute Gasteiger partial charge is 0.273 e. The van der Waals surface area contributed by atoms with Gasteiger partial charge in [-0.1, -0.05) is 12.8 Å². The van der Waals surface area contributed by atoms with Gasteiger partial charge in [0.25, 0.3) is 5.91 Å². The van der Waals surface area contributed by atoms with Crippen LogP contribution in [0.25, 0.3) is 0 Å². The Bertz CT molecular complexity index is 467. The normalized spacial score (nSPS) is 30.4. The van der Waals surface area contributed by atoms with E-state index in [1.54, 1.807) is 0 Å². The fourth-order valence-electron chi connectivity index (χ4n) is 2.96. The van der Waals surface area contributed by atoms with E-state index in [-0.39, 0.29) is 23.7 Å². The van der Waals surface area contributed by atoms with Crippen LogP contribution >= 0.6 is 0 Å². The second kappa shape index (κ2) is 5.93. The van der Waals surface area contributed by atoms with E-state index in [1.165, 1.54) is 6.39 Å². The summed E-state index contributed by atoms with van der Waals surface area (Å²) in [5.74, 6) is 0.223. The van der Waals surface area contributed by atoms with Crippen molar-refractivity contribution in [1.29, 1.82) is 0 Å². The van der Waals surface area contributed by atoms with Crippen LogP contribution in [-0.4, -0.2) is 34.8 Å². The maximum absolute atomic E-state index is 12.3. The Morgan fingerprint density at radius 2 is 2.15 bits per heavy atom. The van der Waals surface area contributed by atoms with Crippen LogP contribution in [0.2, 0.25) is 0 Å². The molecule has 1 aliphatic heterocycles. The third kappa shape index (κ3) is 2.71. The number of aliphatic hydroxyl groups is 1. The van der Waals surface area contributed by atoms with E-state index in [1.807, 2.05) is 0 Å². The summed E-state index contributed by atoms with van der Waals surface area (Å²) in [6.45, 7) is 0.688. The molecular formula is C14H20N2O4. The monoisotopic (exact) mass is 280 g/mol. The number of ether oxygens (including phenoxy) is 1. The first-order valence-corrected chi connectivity index (χ1v) is 7.29. The van der Waals surface area contributed by atoms with Crippen LogP contribution in [0, 0.1) is 0 Å². The van der Waals surface area contributed by atoms with E-state index in [0.29, 0.717) is 12.4 Å². The number of nitrogens with one attached hydrogen (secondary N) is 1. The lowest BCUT2D eigenvalue weighted by Crippen LogP contribution is -2.45. The molecule has 1 aromatic heterocycles. The van der Waals surface area contributed by atoms with Crippen LogP contribution in [0.5, 0.6) is 0 Å². The Labute approximate surface area is 117 Å². The zero-order valence-electron chi connectivity index (χ0n) is 11.4. The van der Waals surface area contributed by atoms with Gasteiger partial charge in [0.2, 0.25) is 0 Å². The summed E-state index contributed by atoms with van der Waals surface area (Å²) in [5, 5.41) is 12.8. The number of amides is 1. The fraction of sp³-hybridized carbons (Fsp3) is 0.714. The lowest BCUT2D eigenvalue weighted by Gasteiger charge is -2.28. The first kappa shape index (κ1) is 13.6. The number of aliphatic hydroxyl groups excluding tert-OH is 1. The van der Waals surface area contributed by atoms with Crippen molar-refractivity contribution < 1.29 is 19.1 Å². The number of carbonyl (C=O) groups is 1. The molecule has 0 spiro atoms. The number of hydrogen-bond acceptors (Lipinski definition) is 5. The average molecular weight is 280 g/mol. The van der Waals surface area contributed by atoms with E-state index in [0.717, 1.165) is 38.5 Å². The molecule has 1 aliphatic carbocycles. The minimum atomic E-state index is -0.467. The van der Waals surface area contributed by atoms with E-state index in [2.05, 4.69) is 10.3 Å². The molecule has 20 heavy (non-hydrogen) atoms. The van der Waals surface area contributed by atoms with Gasteiger partial charge in [0.15, 0.2) is 17.8 Å². The van der Waals surface area contributed by atoms with Crippen LogP contribution in [0.3, 0.4) is 0 Å². The highest BCUT2D eigenvalue weighted by Gasteiger charge is 2.30. The summed E-state index contributed by atoms with van der Waals surface area (Å²) in [4.78, 5) is 16.3. The molecule has 2 aliphatic rings. The fourth-order valence-corrected chi connectivity index (χ4v) is 2.96. The molecule has 2 fully saturated rings. The highest BCUT2D eigenvalue weighted by molar-refractivity contribution is 5.93. The van der Waals surface area contributed by atoms with Gasteiger partial charge >= 0.3 is 0 Å². The standard InChI is InChI=1S/C14H20N2O4/c17-10-5-2-1-4-9(10)16-14(18)12-13(20-8-15-12)11-6-3-7-19-11/h8-11,17H,1-7H2,(H,16,18). The zero-order valence-corrected chi connectivity index (χ0v) is 11.4. The minimum Gasteiger partial charge on any atom is -0.445 e. The number of nitrogens with zero attached hydrogens (tertiary/aromatic N) is 1. The molecule has 3 atom stereocenters. The maximum atomic E-state index is 12.3. The molecule has 110 valence electrons. The van der Waals surface area contributed by atoms with Crippen LogP contribution < -0.4 is 5.32 Å². The van der Waals surface area contributed by atoms with Gasteiger partial charge in [-0.05, 0) is 25.7 Å². The SMILES string of the molecule is O=C(NC1CCCCC1O)c1ncoc1C1CCCO1. The van der Waals surface area contributed by atoms with Crippen molar-refractivity contribution in [3.05, 3.63) is 17.8 Å². The van der Waals surface area contributed by atoms with Gasteiger partial charge in [-0.2, -0.15) is 0 Å². The third-order valence-electron chi connectivity index (χ3n) is 4.08. The number of aromatic nitrogens is 1. The molecule has 1 amide bonds. The molecule has 0 aromatic carbocycles. The Kier molecular flexibility index (Phi) is 4.03. The van der Waals surface area contributed by atoms with Crippen molar-refractivity contribution in [3.8, 4) is 0 Å². The quantitative estimate of drug-likeness (QED) is 0.877. The Balaban J connectivity index is 1.69. The minimum absolute atomic E-state index is 0.172. The molecule has 0 radical (unpaired) electrons. The lowest BCUT2D eigenvalue weighted by atomic mass is 9.92. The van der Waals surface area contributed by atoms with Crippen LogP contribution in [0.4, 0.5) is 0 Å². The summed E-state index contributed by atoms with van der Waals surface area (Å²) in [6.07, 6.45) is 6.04. The predicted octanol–water partition coefficient (Wildman–Crippen LogP) is 1.56. The summed E-state index contributed by atoms with van der Waals surface area (Å²) in [5.41, 5.74) is 0.287. The number of rotatable bonds is 3. The van der Waals surface area contributed by atoms with Gasteiger partial charge < -0.3 is 19.6 Å². The molecule has 6 heteroatoms. The van der Waals surface area contributed by atoms with E-state index < -0.39 is 6.10 Å². The van der Waals surface area contributed by atoms with Gasteiger partial charge in [-0.3, -0.25) is 4.79 Å². The van der Waals surface area contributed by atoms with Gasteiger partial charge in [0, 0.05) is 6.61 Å². The molecule has 2 N–H and O–H groups in total. The Morgan fingerprint density at radius 1 is 1.30 bits per heavy atom. The molecule has 1 saturated carbocycles. The van der Waals surface area contributed by atoms with Crippen molar-refractivity contribution in [3.63, 3.8) is 0 Å². The molecule has 3 unspecified atom stereocenters. The molecular weight excluding hydrogens is 260 g/mol. The van der Waals surface area contributed by atoms with E-state index in [4.69, 9.17) is 9.15 Å². The number of carbonyl (C=O) groups excluding carboxylic acids is 1. The molecule has 1 saturated heterocycles. The van der Waals surface area contributed by atoms with Crippen LogP contribution in [0.1, 0.15) is 60.9 Å². The van der Waals surface area contributed by atoms with E-state index >= 15 is 0 Å². The third-order valence-corrected chi connectivity index (χ3v) is 4.08. The summed E-state index contributed by atoms with van der Waals surface area (Å²) in [6, 6.07) is -0.190. The number of oxazole rings is 1. The molecule has 2 heterocycles. The van der Waals surface area contributed by atoms with Gasteiger partial charge in [-0.15, -0.1) is 0 Å². The second-order valence-corrected chi connectivity index (χ2v) is 5.50. The molecule has 1 aromatic rings. The van der Waals surface area contributed by atoms with Crippen LogP contribution in [-0.2, 0) is 4.74 Å². The molecule has 6 nitrogen and oxygen atoms in total. The van der Waals surface area contributed by atoms with Crippen molar-refractivity contribution in [2.24, 2.45) is 0 Å². The van der Waals surface area contributed by atoms with Crippen LogP contribution in [0.15, 0.2) is 10.8 Å². The van der Waals surface area contributed by atoms with Crippen molar-refractivity contribution in [2.75, 3.05) is 6.61 Å². The summed E-state index contributed by atoms with van der Waals surface area (Å²) in [7, 11) is 0. The van der Waals surface area contributed by atoms with Crippen molar-refractivity contribution in [2.45, 2.75) is 56.8 Å². The van der Waals surface area contributed by atoms with Gasteiger partial charge in [0.1, 0.15) is 6.10 Å². The highest BCUT2D eigenvalue weighted by Crippen LogP contribution is 2.30. The first-order valence-electron chi connectivity index (χ1n) is 7.29. The molecule has 3 rings (SSSR count). The van der Waals surface area contributed by atoms with Gasteiger partial charge in [0.05, 0.1) is 12.1 Å². The average Bonchev–Trinajstić information content (AvgIpc) is 3.11. The largest absolute Gasteiger partial charge is 0.445 e. The van der Waals surface area contributed by atoms with Crippen molar-refractivity contribution in [1.82, 2.24) is 10.3 Å². The van der Waals surface area contributed by atoms with Gasteiger partial charge in [-0.25, -0.2) is 4.98 Å². The number of hydrogen-bond donors (Lipinski definition) is 2. The van der Waals surface area contributed by atoms with Crippen molar-refractivity contribution >= 4 is 5.91 Å². The Hall–Kier alpha value is -1.40.